The average molecular weight is 608 g/mol. The smallest absolute Gasteiger partial charge is 0.724 e. The number of benzene rings is 1. The number of rotatable bonds is 6. The molecule has 2 aromatic rings. The Kier molecular flexibility index (Phi) is 27.7. The Morgan fingerprint density at radius 2 is 1.00 bits per heavy atom. The van der Waals surface area contributed by atoms with Crippen molar-refractivity contribution in [2.75, 3.05) is 37.0 Å². The SMILES string of the molecule is CC[PH+](CC)CC.CC[PH+](CC)CC.Cc1c(C)c(C)[c-](C)c1C.[Ru+6].[S-]C#Cc1ccccc1. The van der Waals surface area contributed by atoms with Gasteiger partial charge in [0, 0.05) is 5.56 Å². The largest absolute Gasteiger partial charge is 6.00 e. The van der Waals surface area contributed by atoms with Crippen molar-refractivity contribution < 1.29 is 19.5 Å². The first-order valence-electron chi connectivity index (χ1n) is 12.7. The Morgan fingerprint density at radius 3 is 1.18 bits per heavy atom. The van der Waals surface area contributed by atoms with Crippen LogP contribution in [0, 0.1) is 45.8 Å². The monoisotopic (exact) mass is 608 g/mol. The van der Waals surface area contributed by atoms with Crippen LogP contribution in [-0.4, -0.2) is 37.0 Å². The van der Waals surface area contributed by atoms with Crippen LogP contribution in [0.25, 0.3) is 0 Å². The van der Waals surface area contributed by atoms with Gasteiger partial charge in [-0.2, -0.15) is 27.8 Å². The van der Waals surface area contributed by atoms with Crippen LogP contribution in [-0.2, 0) is 32.1 Å². The first-order chi connectivity index (χ1) is 15.7. The maximum atomic E-state index is 4.47. The molecule has 2 rings (SSSR count). The van der Waals surface area contributed by atoms with Crippen molar-refractivity contribution in [2.45, 2.75) is 76.2 Å². The van der Waals surface area contributed by atoms with E-state index in [2.05, 4.69) is 100.0 Å². The van der Waals surface area contributed by atoms with Gasteiger partial charge in [-0.15, -0.1) is 0 Å². The standard InChI is InChI=1S/C10H15.C8H6S.2C6H15P.Ru/c1-6-7(2)9(4)10(5)8(6)3;9-7-6-8-4-2-1-3-5-8;2*1-4-7(5-2)6-3;/h1-5H3;1-5,9H;2*4-6H2,1-3H3;/q-1;;;;+6/p+1. The van der Waals surface area contributed by atoms with Gasteiger partial charge in [0.25, 0.3) is 0 Å². The van der Waals surface area contributed by atoms with Gasteiger partial charge < -0.3 is 12.6 Å². The second-order valence-corrected chi connectivity index (χ2v) is 15.8. The van der Waals surface area contributed by atoms with Gasteiger partial charge >= 0.3 is 19.5 Å². The summed E-state index contributed by atoms with van der Waals surface area (Å²) in [4.78, 5) is 0. The van der Waals surface area contributed by atoms with Crippen LogP contribution in [0.15, 0.2) is 30.3 Å². The van der Waals surface area contributed by atoms with Gasteiger partial charge in [0.15, 0.2) is 0 Å². The van der Waals surface area contributed by atoms with E-state index in [1.54, 1.807) is 0 Å². The summed E-state index contributed by atoms with van der Waals surface area (Å²) < 4.78 is 0. The Labute approximate surface area is 234 Å². The van der Waals surface area contributed by atoms with Crippen molar-refractivity contribution in [3.8, 4) is 11.2 Å². The van der Waals surface area contributed by atoms with E-state index in [4.69, 9.17) is 0 Å². The van der Waals surface area contributed by atoms with Gasteiger partial charge in [-0.05, 0) is 69.5 Å². The van der Waals surface area contributed by atoms with Crippen molar-refractivity contribution in [1.29, 1.82) is 0 Å². The average Bonchev–Trinajstić information content (AvgIpc) is 3.01. The summed E-state index contributed by atoms with van der Waals surface area (Å²) in [5, 5.41) is 2.42. The molecule has 2 aromatic carbocycles. The van der Waals surface area contributed by atoms with Crippen LogP contribution < -0.4 is 0 Å². The topological polar surface area (TPSA) is 0 Å². The summed E-state index contributed by atoms with van der Waals surface area (Å²) in [6, 6.07) is 9.69. The summed E-state index contributed by atoms with van der Waals surface area (Å²) in [6.07, 6.45) is 8.74. The fourth-order valence-corrected chi connectivity index (χ4v) is 6.60. The molecule has 0 amide bonds. The Balaban J connectivity index is -0.000000379. The van der Waals surface area contributed by atoms with Gasteiger partial charge in [0.2, 0.25) is 0 Å². The van der Waals surface area contributed by atoms with E-state index in [-0.39, 0.29) is 35.3 Å². The fraction of sp³-hybridized carbons (Fsp3) is 0.567. The molecule has 34 heavy (non-hydrogen) atoms. The minimum Gasteiger partial charge on any atom is -0.724 e. The number of hydrogen-bond donors (Lipinski definition) is 0. The molecule has 190 valence electrons. The second kappa shape index (κ2) is 24.5. The van der Waals surface area contributed by atoms with E-state index in [0.29, 0.717) is 0 Å². The molecule has 0 atom stereocenters. The summed E-state index contributed by atoms with van der Waals surface area (Å²) in [5.41, 5.74) is 8.32. The summed E-state index contributed by atoms with van der Waals surface area (Å²) >= 11 is 4.47. The van der Waals surface area contributed by atoms with Crippen LogP contribution in [0.3, 0.4) is 0 Å². The maximum absolute atomic E-state index is 4.47. The van der Waals surface area contributed by atoms with Gasteiger partial charge in [0.05, 0.1) is 37.0 Å². The third-order valence-corrected chi connectivity index (χ3v) is 12.9. The Bertz CT molecular complexity index is 676. The first-order valence-corrected chi connectivity index (χ1v) is 17.4. The third-order valence-electron chi connectivity index (χ3n) is 6.78. The van der Waals surface area contributed by atoms with Crippen LogP contribution in [0.1, 0.15) is 74.9 Å². The van der Waals surface area contributed by atoms with Crippen molar-refractivity contribution in [2.24, 2.45) is 0 Å². The van der Waals surface area contributed by atoms with Crippen molar-refractivity contribution >= 4 is 28.5 Å². The normalized spacial score (nSPS) is 9.32. The van der Waals surface area contributed by atoms with Crippen LogP contribution in [0.5, 0.6) is 0 Å². The van der Waals surface area contributed by atoms with Crippen LogP contribution in [0.2, 0.25) is 0 Å². The molecule has 0 saturated carbocycles. The molecule has 0 bridgehead atoms. The van der Waals surface area contributed by atoms with Crippen molar-refractivity contribution in [1.82, 2.24) is 0 Å². The number of hydrogen-bond acceptors (Lipinski definition) is 1. The van der Waals surface area contributed by atoms with E-state index >= 15 is 0 Å². The predicted molar refractivity (Wildman–Crippen MR) is 166 cm³/mol. The van der Waals surface area contributed by atoms with E-state index in [1.165, 1.54) is 64.8 Å². The molecule has 0 aliphatic rings. The molecule has 0 nitrogen and oxygen atoms in total. The third kappa shape index (κ3) is 16.5. The van der Waals surface area contributed by atoms with Gasteiger partial charge in [0.1, 0.15) is 0 Å². The van der Waals surface area contributed by atoms with E-state index in [1.807, 2.05) is 30.3 Å². The van der Waals surface area contributed by atoms with Crippen LogP contribution in [0.4, 0.5) is 0 Å². The summed E-state index contributed by atoms with van der Waals surface area (Å²) in [6.45, 7) is 24.8. The molecule has 0 saturated heterocycles. The zero-order valence-electron chi connectivity index (χ0n) is 23.9. The van der Waals surface area contributed by atoms with Gasteiger partial charge in [-0.25, -0.2) is 5.25 Å². The summed E-state index contributed by atoms with van der Waals surface area (Å²) in [5.74, 6) is 2.77. The fourth-order valence-electron chi connectivity index (χ4n) is 3.49. The maximum Gasteiger partial charge on any atom is 6.00 e. The van der Waals surface area contributed by atoms with E-state index in [0.717, 1.165) is 5.56 Å². The second-order valence-electron chi connectivity index (χ2n) is 8.34. The van der Waals surface area contributed by atoms with E-state index in [9.17, 15) is 0 Å². The van der Waals surface area contributed by atoms with Gasteiger partial charge in [-0.3, -0.25) is 0 Å². The summed E-state index contributed by atoms with van der Waals surface area (Å²) in [7, 11) is 0.275. The molecule has 0 fully saturated rings. The van der Waals surface area contributed by atoms with Crippen LogP contribution >= 0.6 is 15.8 Å². The Hall–Kier alpha value is -0.167. The molecule has 0 heterocycles. The molecule has 0 radical (unpaired) electrons. The molecule has 4 heteroatoms. The first kappa shape index (κ1) is 38.4. The van der Waals surface area contributed by atoms with Crippen molar-refractivity contribution in [3.05, 3.63) is 63.7 Å². The predicted octanol–water partition coefficient (Wildman–Crippen LogP) is 9.01. The molecule has 0 spiro atoms. The molecule has 0 unspecified atom stereocenters. The minimum atomic E-state index is 0. The quantitative estimate of drug-likeness (QED) is 0.104. The molecular formula is C30H52P2RuS+6. The van der Waals surface area contributed by atoms with Crippen molar-refractivity contribution in [3.63, 3.8) is 0 Å². The molecule has 0 aromatic heterocycles. The minimum absolute atomic E-state index is 0. The zero-order valence-corrected chi connectivity index (χ0v) is 28.4. The molecular weight excluding hydrogens is 555 g/mol. The zero-order chi connectivity index (χ0) is 25.8. The molecule has 0 aliphatic heterocycles. The molecule has 0 N–H and O–H groups in total. The van der Waals surface area contributed by atoms with E-state index < -0.39 is 0 Å². The van der Waals surface area contributed by atoms with Gasteiger partial charge in [-0.1, -0.05) is 58.7 Å². The molecule has 0 aliphatic carbocycles. The Morgan fingerprint density at radius 1 is 0.676 bits per heavy atom.